The summed E-state index contributed by atoms with van der Waals surface area (Å²) in [5, 5.41) is 3.05. The molecule has 0 aliphatic carbocycles. The number of fused-ring (bicyclic) bond motifs is 1. The SMILES string of the molecule is CC(=O)c1ccc(-c2cc(F)cc3c2OC(CNC(=O)c2ccnc(Cl)c2)C3)s1. The molecule has 0 bridgehead atoms. The number of thiophene rings is 1. The molecule has 148 valence electrons. The Morgan fingerprint density at radius 1 is 1.31 bits per heavy atom. The van der Waals surface area contributed by atoms with E-state index in [9.17, 15) is 14.0 Å². The van der Waals surface area contributed by atoms with Crippen LogP contribution in [-0.4, -0.2) is 29.3 Å². The first-order valence-electron chi connectivity index (χ1n) is 8.90. The van der Waals surface area contributed by atoms with Crippen LogP contribution in [0.4, 0.5) is 4.39 Å². The van der Waals surface area contributed by atoms with Crippen LogP contribution in [0.2, 0.25) is 5.15 Å². The Hall–Kier alpha value is -2.77. The lowest BCUT2D eigenvalue weighted by atomic mass is 10.0. The molecule has 3 heterocycles. The summed E-state index contributed by atoms with van der Waals surface area (Å²) < 4.78 is 20.2. The molecule has 1 aromatic carbocycles. The molecule has 4 rings (SSSR count). The fourth-order valence-corrected chi connectivity index (χ4v) is 4.30. The predicted octanol–water partition coefficient (Wildman–Crippen LogP) is 4.54. The molecule has 1 amide bonds. The van der Waals surface area contributed by atoms with E-state index in [1.54, 1.807) is 18.2 Å². The third-order valence-corrected chi connectivity index (χ3v) is 5.99. The summed E-state index contributed by atoms with van der Waals surface area (Å²) in [7, 11) is 0. The number of nitrogens with one attached hydrogen (secondary N) is 1. The van der Waals surface area contributed by atoms with Gasteiger partial charge in [0.25, 0.3) is 5.91 Å². The fraction of sp³-hybridized carbons (Fsp3) is 0.190. The van der Waals surface area contributed by atoms with Crippen LogP contribution in [0.1, 0.15) is 32.5 Å². The highest BCUT2D eigenvalue weighted by Crippen LogP contribution is 2.42. The van der Waals surface area contributed by atoms with E-state index in [4.69, 9.17) is 16.3 Å². The second-order valence-electron chi connectivity index (χ2n) is 6.68. The summed E-state index contributed by atoms with van der Waals surface area (Å²) >= 11 is 7.12. The Morgan fingerprint density at radius 3 is 2.86 bits per heavy atom. The van der Waals surface area contributed by atoms with Gasteiger partial charge in [0.05, 0.1) is 11.4 Å². The molecule has 1 unspecified atom stereocenters. The van der Waals surface area contributed by atoms with Crippen molar-refractivity contribution >= 4 is 34.6 Å². The van der Waals surface area contributed by atoms with Crippen molar-refractivity contribution in [2.24, 2.45) is 0 Å². The van der Waals surface area contributed by atoms with Crippen LogP contribution >= 0.6 is 22.9 Å². The zero-order valence-electron chi connectivity index (χ0n) is 15.4. The first kappa shape index (κ1) is 19.5. The quantitative estimate of drug-likeness (QED) is 0.476. The van der Waals surface area contributed by atoms with Gasteiger partial charge in [0, 0.05) is 34.2 Å². The number of hydrogen-bond donors (Lipinski definition) is 1. The lowest BCUT2D eigenvalue weighted by Crippen LogP contribution is -2.34. The zero-order chi connectivity index (χ0) is 20.5. The van der Waals surface area contributed by atoms with Crippen LogP contribution < -0.4 is 10.1 Å². The summed E-state index contributed by atoms with van der Waals surface area (Å²) in [4.78, 5) is 29.1. The van der Waals surface area contributed by atoms with Crippen molar-refractivity contribution in [1.82, 2.24) is 10.3 Å². The van der Waals surface area contributed by atoms with E-state index < -0.39 is 0 Å². The van der Waals surface area contributed by atoms with E-state index in [-0.39, 0.29) is 35.3 Å². The van der Waals surface area contributed by atoms with Gasteiger partial charge in [-0.15, -0.1) is 11.3 Å². The van der Waals surface area contributed by atoms with Crippen LogP contribution in [0.3, 0.4) is 0 Å². The van der Waals surface area contributed by atoms with Crippen molar-refractivity contribution in [3.05, 3.63) is 69.6 Å². The highest BCUT2D eigenvalue weighted by Gasteiger charge is 2.28. The number of ketones is 1. The van der Waals surface area contributed by atoms with Gasteiger partial charge in [0.2, 0.25) is 0 Å². The minimum atomic E-state index is -0.365. The number of nitrogens with zero attached hydrogens (tertiary/aromatic N) is 1. The molecule has 29 heavy (non-hydrogen) atoms. The maximum Gasteiger partial charge on any atom is 0.251 e. The van der Waals surface area contributed by atoms with Crippen LogP contribution in [0.25, 0.3) is 10.4 Å². The Labute approximate surface area is 175 Å². The number of carbonyl (C=O) groups excluding carboxylic acids is 2. The summed E-state index contributed by atoms with van der Waals surface area (Å²) in [6.07, 6.45) is 1.62. The molecule has 1 atom stereocenters. The number of carbonyl (C=O) groups is 2. The van der Waals surface area contributed by atoms with Gasteiger partial charge in [-0.3, -0.25) is 9.59 Å². The van der Waals surface area contributed by atoms with Gasteiger partial charge in [-0.25, -0.2) is 9.37 Å². The first-order valence-corrected chi connectivity index (χ1v) is 10.1. The molecule has 0 saturated carbocycles. The number of aromatic nitrogens is 1. The number of halogens is 2. The summed E-state index contributed by atoms with van der Waals surface area (Å²) in [5.74, 6) is -0.0950. The average Bonchev–Trinajstić information content (AvgIpc) is 3.32. The normalized spacial score (nSPS) is 14.9. The minimum absolute atomic E-state index is 0.0352. The van der Waals surface area contributed by atoms with Crippen molar-refractivity contribution in [2.75, 3.05) is 6.54 Å². The number of Topliss-reactive ketones (excluding diaryl/α,β-unsaturated/α-hetero) is 1. The van der Waals surface area contributed by atoms with E-state index in [1.165, 1.54) is 42.7 Å². The van der Waals surface area contributed by atoms with Gasteiger partial charge in [-0.1, -0.05) is 11.6 Å². The molecule has 0 saturated heterocycles. The van der Waals surface area contributed by atoms with Crippen LogP contribution in [0, 0.1) is 5.82 Å². The van der Waals surface area contributed by atoms with Crippen molar-refractivity contribution in [1.29, 1.82) is 0 Å². The number of amides is 1. The zero-order valence-corrected chi connectivity index (χ0v) is 16.9. The molecule has 5 nitrogen and oxygen atoms in total. The number of rotatable bonds is 5. The van der Waals surface area contributed by atoms with Crippen LogP contribution in [0.5, 0.6) is 5.75 Å². The standard InChI is InChI=1S/C21H16ClFN2O3S/c1-11(26)17-2-3-18(29-17)16-9-14(23)6-13-7-15(28-20(13)16)10-25-21(27)12-4-5-24-19(22)8-12/h2-6,8-9,15H,7,10H2,1H3,(H,25,27). The number of ether oxygens (including phenoxy) is 1. The Bertz CT molecular complexity index is 1120. The van der Waals surface area contributed by atoms with E-state index in [1.807, 2.05) is 0 Å². The molecule has 1 N–H and O–H groups in total. The Kier molecular flexibility index (Phi) is 5.34. The van der Waals surface area contributed by atoms with Crippen LogP contribution in [0.15, 0.2) is 42.6 Å². The highest BCUT2D eigenvalue weighted by atomic mass is 35.5. The maximum absolute atomic E-state index is 14.2. The van der Waals surface area contributed by atoms with E-state index in [0.717, 1.165) is 10.4 Å². The molecular formula is C21H16ClFN2O3S. The lowest BCUT2D eigenvalue weighted by Gasteiger charge is -2.13. The van der Waals surface area contributed by atoms with Gasteiger partial charge in [0.15, 0.2) is 5.78 Å². The van der Waals surface area contributed by atoms with Crippen molar-refractivity contribution < 1.29 is 18.7 Å². The van der Waals surface area contributed by atoms with E-state index >= 15 is 0 Å². The largest absolute Gasteiger partial charge is 0.487 e. The Morgan fingerprint density at radius 2 is 2.14 bits per heavy atom. The second-order valence-corrected chi connectivity index (χ2v) is 8.15. The minimum Gasteiger partial charge on any atom is -0.487 e. The summed E-state index contributed by atoms with van der Waals surface area (Å²) in [6, 6.07) is 9.44. The Balaban J connectivity index is 1.50. The smallest absolute Gasteiger partial charge is 0.251 e. The fourth-order valence-electron chi connectivity index (χ4n) is 3.22. The molecule has 2 aromatic heterocycles. The van der Waals surface area contributed by atoms with Gasteiger partial charge in [0.1, 0.15) is 22.8 Å². The van der Waals surface area contributed by atoms with Gasteiger partial charge < -0.3 is 10.1 Å². The van der Waals surface area contributed by atoms with E-state index in [0.29, 0.717) is 28.2 Å². The molecule has 3 aromatic rings. The van der Waals surface area contributed by atoms with Crippen LogP contribution in [-0.2, 0) is 6.42 Å². The summed E-state index contributed by atoms with van der Waals surface area (Å²) in [6.45, 7) is 1.76. The van der Waals surface area contributed by atoms with E-state index in [2.05, 4.69) is 10.3 Å². The first-order chi connectivity index (χ1) is 13.9. The monoisotopic (exact) mass is 430 g/mol. The van der Waals surface area contributed by atoms with Crippen molar-refractivity contribution in [2.45, 2.75) is 19.4 Å². The third kappa shape index (κ3) is 4.16. The van der Waals surface area contributed by atoms with Gasteiger partial charge in [-0.2, -0.15) is 0 Å². The van der Waals surface area contributed by atoms with Gasteiger partial charge in [-0.05, 0) is 43.3 Å². The second kappa shape index (κ2) is 7.93. The van der Waals surface area contributed by atoms with Gasteiger partial charge >= 0.3 is 0 Å². The van der Waals surface area contributed by atoms with Crippen molar-refractivity contribution in [3.63, 3.8) is 0 Å². The lowest BCUT2D eigenvalue weighted by molar-refractivity contribution is 0.0933. The predicted molar refractivity (Wildman–Crippen MR) is 109 cm³/mol. The molecule has 0 fully saturated rings. The molecule has 1 aliphatic heterocycles. The molecule has 8 heteroatoms. The highest BCUT2D eigenvalue weighted by molar-refractivity contribution is 7.17. The number of hydrogen-bond acceptors (Lipinski definition) is 5. The molecule has 0 spiro atoms. The third-order valence-electron chi connectivity index (χ3n) is 4.56. The maximum atomic E-state index is 14.2. The molecular weight excluding hydrogens is 415 g/mol. The average molecular weight is 431 g/mol. The topological polar surface area (TPSA) is 68.3 Å². The molecule has 0 radical (unpaired) electrons. The molecule has 1 aliphatic rings. The number of benzene rings is 1. The number of pyridine rings is 1. The summed E-state index contributed by atoms with van der Waals surface area (Å²) in [5.41, 5.74) is 1.76. The van der Waals surface area contributed by atoms with Crippen molar-refractivity contribution in [3.8, 4) is 16.2 Å².